The Morgan fingerprint density at radius 3 is 2.62 bits per heavy atom. The summed E-state index contributed by atoms with van der Waals surface area (Å²) in [5, 5.41) is 11.4. The number of rotatable bonds is 4. The van der Waals surface area contributed by atoms with Gasteiger partial charge in [-0.15, -0.1) is 0 Å². The van der Waals surface area contributed by atoms with Gasteiger partial charge in [0, 0.05) is 23.7 Å². The van der Waals surface area contributed by atoms with Crippen molar-refractivity contribution in [2.24, 2.45) is 0 Å². The van der Waals surface area contributed by atoms with Gasteiger partial charge in [-0.05, 0) is 11.6 Å². The topological polar surface area (TPSA) is 66.4 Å². The smallest absolute Gasteiger partial charge is 0.328 e. The van der Waals surface area contributed by atoms with Crippen LogP contribution in [-0.2, 0) is 16.1 Å². The molecule has 0 aliphatic rings. The van der Waals surface area contributed by atoms with Crippen molar-refractivity contribution in [3.8, 4) is 0 Å². The Labute approximate surface area is 97.5 Å². The molecule has 5 heteroatoms. The van der Waals surface area contributed by atoms with E-state index in [1.165, 1.54) is 0 Å². The molecule has 0 aliphatic heterocycles. The van der Waals surface area contributed by atoms with Crippen molar-refractivity contribution in [1.82, 2.24) is 5.32 Å². The molecule has 0 spiro atoms. The summed E-state index contributed by atoms with van der Waals surface area (Å²) in [5.41, 5.74) is 0.779. The molecule has 1 aromatic rings. The molecular formula is C11H10ClNO3. The quantitative estimate of drug-likeness (QED) is 0.785. The molecule has 0 radical (unpaired) electrons. The molecule has 0 aromatic heterocycles. The third kappa shape index (κ3) is 4.14. The fourth-order valence-corrected chi connectivity index (χ4v) is 1.23. The van der Waals surface area contributed by atoms with Crippen molar-refractivity contribution in [3.05, 3.63) is 47.0 Å². The number of carbonyl (C=O) groups is 2. The van der Waals surface area contributed by atoms with Crippen LogP contribution in [0.25, 0.3) is 0 Å². The average Bonchev–Trinajstić information content (AvgIpc) is 2.25. The van der Waals surface area contributed by atoms with Crippen LogP contribution in [0.1, 0.15) is 5.56 Å². The van der Waals surface area contributed by atoms with Gasteiger partial charge in [-0.25, -0.2) is 4.79 Å². The molecule has 0 saturated heterocycles. The predicted octanol–water partition coefficient (Wildman–Crippen LogP) is 1.60. The predicted molar refractivity (Wildman–Crippen MR) is 60.1 cm³/mol. The second-order valence-corrected chi connectivity index (χ2v) is 3.39. The van der Waals surface area contributed by atoms with Gasteiger partial charge in [0.15, 0.2) is 0 Å². The van der Waals surface area contributed by atoms with E-state index >= 15 is 0 Å². The first kappa shape index (κ1) is 12.3. The first-order chi connectivity index (χ1) is 7.59. The standard InChI is InChI=1S/C11H10ClNO3/c12-9-4-2-1-3-8(9)7-13-10(14)5-6-11(15)16/h1-6H,7H2,(H,13,14)(H,15,16)/b6-5+. The Bertz CT molecular complexity index is 429. The number of carbonyl (C=O) groups excluding carboxylic acids is 1. The highest BCUT2D eigenvalue weighted by atomic mass is 35.5. The van der Waals surface area contributed by atoms with Gasteiger partial charge in [-0.3, -0.25) is 4.79 Å². The van der Waals surface area contributed by atoms with E-state index in [1.807, 2.05) is 0 Å². The first-order valence-electron chi connectivity index (χ1n) is 4.52. The fourth-order valence-electron chi connectivity index (χ4n) is 1.03. The zero-order chi connectivity index (χ0) is 12.0. The van der Waals surface area contributed by atoms with E-state index in [4.69, 9.17) is 16.7 Å². The molecule has 2 N–H and O–H groups in total. The highest BCUT2D eigenvalue weighted by molar-refractivity contribution is 6.31. The Kier molecular flexibility index (Phi) is 4.54. The van der Waals surface area contributed by atoms with Crippen molar-refractivity contribution < 1.29 is 14.7 Å². The lowest BCUT2D eigenvalue weighted by Gasteiger charge is -2.03. The summed E-state index contributed by atoms with van der Waals surface area (Å²) in [6.07, 6.45) is 1.74. The van der Waals surface area contributed by atoms with Crippen molar-refractivity contribution in [2.75, 3.05) is 0 Å². The monoisotopic (exact) mass is 239 g/mol. The van der Waals surface area contributed by atoms with Crippen LogP contribution < -0.4 is 5.32 Å². The summed E-state index contributed by atoms with van der Waals surface area (Å²) in [6.45, 7) is 0.266. The zero-order valence-corrected chi connectivity index (χ0v) is 9.07. The second kappa shape index (κ2) is 5.92. The number of amides is 1. The minimum Gasteiger partial charge on any atom is -0.478 e. The average molecular weight is 240 g/mol. The van der Waals surface area contributed by atoms with E-state index in [1.54, 1.807) is 24.3 Å². The van der Waals surface area contributed by atoms with Crippen LogP contribution in [0, 0.1) is 0 Å². The lowest BCUT2D eigenvalue weighted by Crippen LogP contribution is -2.20. The van der Waals surface area contributed by atoms with Crippen molar-refractivity contribution in [1.29, 1.82) is 0 Å². The summed E-state index contributed by atoms with van der Waals surface area (Å²) in [7, 11) is 0. The second-order valence-electron chi connectivity index (χ2n) is 2.98. The van der Waals surface area contributed by atoms with Crippen molar-refractivity contribution in [3.63, 3.8) is 0 Å². The van der Waals surface area contributed by atoms with E-state index < -0.39 is 11.9 Å². The van der Waals surface area contributed by atoms with Gasteiger partial charge in [0.25, 0.3) is 0 Å². The molecule has 4 nitrogen and oxygen atoms in total. The van der Waals surface area contributed by atoms with Crippen molar-refractivity contribution in [2.45, 2.75) is 6.54 Å². The van der Waals surface area contributed by atoms with Gasteiger partial charge in [-0.1, -0.05) is 29.8 Å². The molecular weight excluding hydrogens is 230 g/mol. The van der Waals surface area contributed by atoms with Crippen LogP contribution >= 0.6 is 11.6 Å². The van der Waals surface area contributed by atoms with Crippen LogP contribution in [0.2, 0.25) is 5.02 Å². The minimum absolute atomic E-state index is 0.266. The van der Waals surface area contributed by atoms with Gasteiger partial charge >= 0.3 is 5.97 Å². The molecule has 84 valence electrons. The number of nitrogens with one attached hydrogen (secondary N) is 1. The number of hydrogen-bond acceptors (Lipinski definition) is 2. The van der Waals surface area contributed by atoms with Gasteiger partial charge in [0.05, 0.1) is 0 Å². The maximum atomic E-state index is 11.1. The highest BCUT2D eigenvalue weighted by Gasteiger charge is 2.00. The summed E-state index contributed by atoms with van der Waals surface area (Å²) in [6, 6.07) is 7.10. The van der Waals surface area contributed by atoms with Gasteiger partial charge < -0.3 is 10.4 Å². The zero-order valence-electron chi connectivity index (χ0n) is 8.31. The number of aliphatic carboxylic acids is 1. The summed E-state index contributed by atoms with van der Waals surface area (Å²) in [5.74, 6) is -1.63. The summed E-state index contributed by atoms with van der Waals surface area (Å²) in [4.78, 5) is 21.3. The first-order valence-corrected chi connectivity index (χ1v) is 4.89. The maximum absolute atomic E-state index is 11.1. The van der Waals surface area contributed by atoms with Crippen LogP contribution in [0.5, 0.6) is 0 Å². The van der Waals surface area contributed by atoms with Gasteiger partial charge in [-0.2, -0.15) is 0 Å². The lowest BCUT2D eigenvalue weighted by atomic mass is 10.2. The Morgan fingerprint density at radius 1 is 1.31 bits per heavy atom. The van der Waals surface area contributed by atoms with Crippen LogP contribution in [0.15, 0.2) is 36.4 Å². The van der Waals surface area contributed by atoms with E-state index in [0.29, 0.717) is 5.02 Å². The lowest BCUT2D eigenvalue weighted by molar-refractivity contribution is -0.131. The molecule has 0 bridgehead atoms. The number of hydrogen-bond donors (Lipinski definition) is 2. The number of halogens is 1. The third-order valence-electron chi connectivity index (χ3n) is 1.79. The van der Waals surface area contributed by atoms with Gasteiger partial charge in [0.1, 0.15) is 0 Å². The van der Waals surface area contributed by atoms with E-state index in [2.05, 4.69) is 5.32 Å². The van der Waals surface area contributed by atoms with Crippen LogP contribution in [-0.4, -0.2) is 17.0 Å². The van der Waals surface area contributed by atoms with E-state index in [-0.39, 0.29) is 6.54 Å². The summed E-state index contributed by atoms with van der Waals surface area (Å²) >= 11 is 5.87. The third-order valence-corrected chi connectivity index (χ3v) is 2.16. The molecule has 1 amide bonds. The SMILES string of the molecule is O=C(O)/C=C/C(=O)NCc1ccccc1Cl. The fraction of sp³-hybridized carbons (Fsp3) is 0.0909. The van der Waals surface area contributed by atoms with Gasteiger partial charge in [0.2, 0.25) is 5.91 Å². The Morgan fingerprint density at radius 2 is 2.00 bits per heavy atom. The maximum Gasteiger partial charge on any atom is 0.328 e. The highest BCUT2D eigenvalue weighted by Crippen LogP contribution is 2.14. The molecule has 1 aromatic carbocycles. The normalized spacial score (nSPS) is 10.3. The Balaban J connectivity index is 2.49. The summed E-state index contributed by atoms with van der Waals surface area (Å²) < 4.78 is 0. The molecule has 0 heterocycles. The molecule has 0 fully saturated rings. The molecule has 16 heavy (non-hydrogen) atoms. The van der Waals surface area contributed by atoms with E-state index in [9.17, 15) is 9.59 Å². The molecule has 0 atom stereocenters. The molecule has 0 aliphatic carbocycles. The minimum atomic E-state index is -1.16. The molecule has 0 unspecified atom stereocenters. The van der Waals surface area contributed by atoms with Crippen LogP contribution in [0.3, 0.4) is 0 Å². The Hall–Kier alpha value is -1.81. The molecule has 1 rings (SSSR count). The van der Waals surface area contributed by atoms with Crippen molar-refractivity contribution >= 4 is 23.5 Å². The van der Waals surface area contributed by atoms with E-state index in [0.717, 1.165) is 17.7 Å². The number of carboxylic acid groups (broad SMARTS) is 1. The number of carboxylic acids is 1. The van der Waals surface area contributed by atoms with Crippen LogP contribution in [0.4, 0.5) is 0 Å². The largest absolute Gasteiger partial charge is 0.478 e. The number of benzene rings is 1. The molecule has 0 saturated carbocycles.